The van der Waals surface area contributed by atoms with E-state index < -0.39 is 0 Å². The van der Waals surface area contributed by atoms with Gasteiger partial charge in [-0.1, -0.05) is 0 Å². The van der Waals surface area contributed by atoms with Crippen LogP contribution >= 0.6 is 0 Å². The van der Waals surface area contributed by atoms with E-state index in [1.165, 1.54) is 17.7 Å². The third-order valence-electron chi connectivity index (χ3n) is 3.79. The van der Waals surface area contributed by atoms with Gasteiger partial charge in [0.1, 0.15) is 5.69 Å². The van der Waals surface area contributed by atoms with Crippen molar-refractivity contribution in [2.24, 2.45) is 13.0 Å². The third-order valence-corrected chi connectivity index (χ3v) is 3.79. The number of aryl methyl sites for hydroxylation is 2. The van der Waals surface area contributed by atoms with Gasteiger partial charge in [0, 0.05) is 18.9 Å². The summed E-state index contributed by atoms with van der Waals surface area (Å²) in [5, 5.41) is 3.26. The van der Waals surface area contributed by atoms with Gasteiger partial charge in [-0.3, -0.25) is 0 Å². The first-order chi connectivity index (χ1) is 9.28. The van der Waals surface area contributed by atoms with E-state index in [9.17, 15) is 0 Å². The van der Waals surface area contributed by atoms with E-state index >= 15 is 0 Å². The summed E-state index contributed by atoms with van der Waals surface area (Å²) in [5.74, 6) is 1.49. The molecule has 19 heavy (non-hydrogen) atoms. The summed E-state index contributed by atoms with van der Waals surface area (Å²) < 4.78 is 1.95. The molecule has 1 N–H and O–H groups in total. The Morgan fingerprint density at radius 2 is 2.32 bits per heavy atom. The van der Waals surface area contributed by atoms with Crippen LogP contribution in [0.15, 0.2) is 18.7 Å². The number of hydrogen-bond acceptors (Lipinski definition) is 4. The van der Waals surface area contributed by atoms with Crippen molar-refractivity contribution in [2.45, 2.75) is 19.3 Å². The summed E-state index contributed by atoms with van der Waals surface area (Å²) in [4.78, 5) is 13.3. The Morgan fingerprint density at radius 3 is 3.05 bits per heavy atom. The molecular formula is C14H19N5. The van der Waals surface area contributed by atoms with E-state index in [0.29, 0.717) is 5.92 Å². The summed E-state index contributed by atoms with van der Waals surface area (Å²) in [5.41, 5.74) is 3.48. The van der Waals surface area contributed by atoms with Crippen LogP contribution in [0.4, 0.5) is 0 Å². The minimum atomic E-state index is 0.712. The van der Waals surface area contributed by atoms with Gasteiger partial charge in [-0.2, -0.15) is 0 Å². The number of nitrogens with one attached hydrogen (secondary N) is 1. The number of fused-ring (bicyclic) bond motifs is 1. The molecule has 100 valence electrons. The summed E-state index contributed by atoms with van der Waals surface area (Å²) in [6, 6.07) is 0. The second-order valence-corrected chi connectivity index (χ2v) is 5.22. The fourth-order valence-electron chi connectivity index (χ4n) is 2.74. The average Bonchev–Trinajstić information content (AvgIpc) is 2.85. The molecule has 2 heterocycles. The van der Waals surface area contributed by atoms with Gasteiger partial charge < -0.3 is 9.88 Å². The maximum atomic E-state index is 4.72. The molecule has 1 aliphatic carbocycles. The lowest BCUT2D eigenvalue weighted by Gasteiger charge is -2.23. The number of hydrogen-bond donors (Lipinski definition) is 1. The molecule has 1 atom stereocenters. The highest BCUT2D eigenvalue weighted by atomic mass is 15.1. The Hall–Kier alpha value is -1.75. The molecule has 0 bridgehead atoms. The highest BCUT2D eigenvalue weighted by Crippen LogP contribution is 2.25. The smallest absolute Gasteiger partial charge is 0.178 e. The zero-order valence-corrected chi connectivity index (χ0v) is 11.4. The number of aromatic nitrogens is 4. The number of nitrogens with zero attached hydrogens (tertiary/aromatic N) is 4. The number of imidazole rings is 1. The largest absolute Gasteiger partial charge is 0.331 e. The van der Waals surface area contributed by atoms with Crippen LogP contribution in [0, 0.1) is 5.92 Å². The first kappa shape index (κ1) is 12.3. The van der Waals surface area contributed by atoms with E-state index in [1.54, 1.807) is 6.33 Å². The van der Waals surface area contributed by atoms with Gasteiger partial charge in [0.2, 0.25) is 0 Å². The lowest BCUT2D eigenvalue weighted by atomic mass is 9.87. The molecule has 3 rings (SSSR count). The molecule has 0 amide bonds. The first-order valence-corrected chi connectivity index (χ1v) is 6.74. The minimum Gasteiger partial charge on any atom is -0.331 e. The van der Waals surface area contributed by atoms with E-state index in [1.807, 2.05) is 31.1 Å². The predicted octanol–water partition coefficient (Wildman–Crippen LogP) is 1.20. The minimum absolute atomic E-state index is 0.712. The Morgan fingerprint density at radius 1 is 1.42 bits per heavy atom. The highest BCUT2D eigenvalue weighted by Gasteiger charge is 2.20. The molecular weight excluding hydrogens is 238 g/mol. The summed E-state index contributed by atoms with van der Waals surface area (Å²) in [6.45, 7) is 1.07. The van der Waals surface area contributed by atoms with Crippen LogP contribution in [-0.2, 0) is 19.9 Å². The molecule has 0 fully saturated rings. The molecule has 0 aliphatic heterocycles. The van der Waals surface area contributed by atoms with Crippen molar-refractivity contribution in [2.75, 3.05) is 13.6 Å². The van der Waals surface area contributed by atoms with Crippen LogP contribution in [0.2, 0.25) is 0 Å². The lowest BCUT2D eigenvalue weighted by Crippen LogP contribution is -2.25. The summed E-state index contributed by atoms with van der Waals surface area (Å²) in [6.07, 6.45) is 8.93. The van der Waals surface area contributed by atoms with Gasteiger partial charge >= 0.3 is 0 Å². The molecule has 2 aromatic rings. The van der Waals surface area contributed by atoms with Crippen molar-refractivity contribution < 1.29 is 0 Å². The Kier molecular flexibility index (Phi) is 3.29. The van der Waals surface area contributed by atoms with Gasteiger partial charge in [0.15, 0.2) is 5.82 Å². The van der Waals surface area contributed by atoms with E-state index in [4.69, 9.17) is 4.98 Å². The van der Waals surface area contributed by atoms with Gasteiger partial charge in [0.25, 0.3) is 0 Å². The van der Waals surface area contributed by atoms with Gasteiger partial charge in [-0.25, -0.2) is 15.0 Å². The standard InChI is InChI=1S/C14H19N5/c1-15-6-10-3-4-12-11(5-10)7-17-14(18-12)13-8-16-9-19(13)2/h7-10,15H,3-6H2,1-2H3. The van der Waals surface area contributed by atoms with E-state index in [0.717, 1.165) is 30.9 Å². The van der Waals surface area contributed by atoms with Crippen molar-refractivity contribution in [3.8, 4) is 11.5 Å². The predicted molar refractivity (Wildman–Crippen MR) is 73.7 cm³/mol. The monoisotopic (exact) mass is 257 g/mol. The normalized spacial score (nSPS) is 18.3. The summed E-state index contributed by atoms with van der Waals surface area (Å²) >= 11 is 0. The number of rotatable bonds is 3. The topological polar surface area (TPSA) is 55.6 Å². The van der Waals surface area contributed by atoms with Crippen molar-refractivity contribution in [1.82, 2.24) is 24.8 Å². The van der Waals surface area contributed by atoms with E-state index in [-0.39, 0.29) is 0 Å². The lowest BCUT2D eigenvalue weighted by molar-refractivity contribution is 0.434. The van der Waals surface area contributed by atoms with Crippen molar-refractivity contribution in [3.05, 3.63) is 30.0 Å². The fourth-order valence-corrected chi connectivity index (χ4v) is 2.74. The van der Waals surface area contributed by atoms with Crippen molar-refractivity contribution in [3.63, 3.8) is 0 Å². The molecule has 0 saturated heterocycles. The Labute approximate surface area is 113 Å². The van der Waals surface area contributed by atoms with E-state index in [2.05, 4.69) is 15.3 Å². The fraction of sp³-hybridized carbons (Fsp3) is 0.500. The summed E-state index contributed by atoms with van der Waals surface area (Å²) in [7, 11) is 3.98. The Balaban J connectivity index is 1.88. The van der Waals surface area contributed by atoms with Crippen LogP contribution in [-0.4, -0.2) is 33.1 Å². The van der Waals surface area contributed by atoms with Crippen LogP contribution in [0.3, 0.4) is 0 Å². The van der Waals surface area contributed by atoms with Crippen LogP contribution < -0.4 is 5.32 Å². The zero-order chi connectivity index (χ0) is 13.2. The molecule has 2 aromatic heterocycles. The molecule has 0 spiro atoms. The quantitative estimate of drug-likeness (QED) is 0.897. The van der Waals surface area contributed by atoms with Crippen molar-refractivity contribution >= 4 is 0 Å². The Bertz CT molecular complexity index is 575. The molecule has 5 nitrogen and oxygen atoms in total. The molecule has 5 heteroatoms. The molecule has 1 aliphatic rings. The average molecular weight is 257 g/mol. The van der Waals surface area contributed by atoms with Crippen LogP contribution in [0.25, 0.3) is 11.5 Å². The zero-order valence-electron chi connectivity index (χ0n) is 11.4. The van der Waals surface area contributed by atoms with Crippen LogP contribution in [0.1, 0.15) is 17.7 Å². The molecule has 0 saturated carbocycles. The van der Waals surface area contributed by atoms with Gasteiger partial charge in [-0.15, -0.1) is 0 Å². The molecule has 1 unspecified atom stereocenters. The molecule has 0 aromatic carbocycles. The first-order valence-electron chi connectivity index (χ1n) is 6.74. The maximum Gasteiger partial charge on any atom is 0.178 e. The third kappa shape index (κ3) is 2.38. The highest BCUT2D eigenvalue weighted by molar-refractivity contribution is 5.49. The van der Waals surface area contributed by atoms with Crippen molar-refractivity contribution in [1.29, 1.82) is 0 Å². The SMILES string of the molecule is CNCC1CCc2nc(-c3cncn3C)ncc2C1. The second-order valence-electron chi connectivity index (χ2n) is 5.22. The maximum absolute atomic E-state index is 4.72. The van der Waals surface area contributed by atoms with Crippen LogP contribution in [0.5, 0.6) is 0 Å². The molecule has 0 radical (unpaired) electrons. The second kappa shape index (κ2) is 5.09. The van der Waals surface area contributed by atoms with Gasteiger partial charge in [-0.05, 0) is 44.3 Å². The van der Waals surface area contributed by atoms with Gasteiger partial charge in [0.05, 0.1) is 12.5 Å².